The fourth-order valence-electron chi connectivity index (χ4n) is 0.730. The highest BCUT2D eigenvalue weighted by Gasteiger charge is 2.19. The third-order valence-corrected chi connectivity index (χ3v) is 1.37. The minimum absolute atomic E-state index is 0.0408. The lowest BCUT2D eigenvalue weighted by Gasteiger charge is -2.08. The molecule has 0 fully saturated rings. The molecule has 0 bridgehead atoms. The van der Waals surface area contributed by atoms with Gasteiger partial charge in [-0.2, -0.15) is 0 Å². The predicted molar refractivity (Wildman–Crippen MR) is 46.5 cm³/mol. The summed E-state index contributed by atoms with van der Waals surface area (Å²) in [6.45, 7) is 2.70. The molecular formula is C9H12O5. The highest BCUT2D eigenvalue weighted by molar-refractivity contribution is 6.37. The Morgan fingerprint density at radius 2 is 1.93 bits per heavy atom. The zero-order chi connectivity index (χ0) is 11.1. The van der Waals surface area contributed by atoms with Crippen LogP contribution in [0.3, 0.4) is 0 Å². The molecule has 0 saturated carbocycles. The summed E-state index contributed by atoms with van der Waals surface area (Å²) in [4.78, 5) is 42.3. The summed E-state index contributed by atoms with van der Waals surface area (Å²) in [5, 5.41) is 0. The topological polar surface area (TPSA) is 77.5 Å². The molecule has 0 rings (SSSR count). The molecule has 0 aromatic heterocycles. The van der Waals surface area contributed by atoms with Gasteiger partial charge < -0.3 is 9.53 Å². The van der Waals surface area contributed by atoms with Crippen LogP contribution in [0.15, 0.2) is 0 Å². The van der Waals surface area contributed by atoms with Crippen LogP contribution in [0.25, 0.3) is 0 Å². The van der Waals surface area contributed by atoms with E-state index in [9.17, 15) is 19.2 Å². The monoisotopic (exact) mass is 200 g/mol. The standard InChI is InChI=1S/C9H12O5/c1-6(11)5-8(12)9(13)14-7(2)3-4-10/h4,7H,3,5H2,1-2H3. The van der Waals surface area contributed by atoms with Crippen molar-refractivity contribution in [2.45, 2.75) is 32.8 Å². The van der Waals surface area contributed by atoms with Crippen molar-refractivity contribution in [3.63, 3.8) is 0 Å². The zero-order valence-electron chi connectivity index (χ0n) is 8.11. The van der Waals surface area contributed by atoms with Crippen molar-refractivity contribution >= 4 is 23.8 Å². The molecule has 0 aromatic rings. The summed E-state index contributed by atoms with van der Waals surface area (Å²) in [6.07, 6.45) is -0.449. The molecule has 1 atom stereocenters. The number of aldehydes is 1. The summed E-state index contributed by atoms with van der Waals surface area (Å²) < 4.78 is 4.58. The number of carbonyl (C=O) groups excluding carboxylic acids is 4. The molecule has 0 heterocycles. The Morgan fingerprint density at radius 1 is 1.36 bits per heavy atom. The second kappa shape index (κ2) is 6.01. The molecule has 78 valence electrons. The van der Waals surface area contributed by atoms with E-state index in [2.05, 4.69) is 4.74 Å². The average molecular weight is 200 g/mol. The van der Waals surface area contributed by atoms with Crippen molar-refractivity contribution in [2.75, 3.05) is 0 Å². The summed E-state index contributed by atoms with van der Waals surface area (Å²) in [5.41, 5.74) is 0. The molecule has 0 aliphatic carbocycles. The first-order chi connectivity index (χ1) is 6.47. The first-order valence-corrected chi connectivity index (χ1v) is 4.14. The van der Waals surface area contributed by atoms with Gasteiger partial charge in [0, 0.05) is 6.42 Å². The Morgan fingerprint density at radius 3 is 2.36 bits per heavy atom. The van der Waals surface area contributed by atoms with Gasteiger partial charge in [0.15, 0.2) is 0 Å². The molecule has 0 aromatic carbocycles. The Balaban J connectivity index is 4.01. The number of ketones is 2. The van der Waals surface area contributed by atoms with Gasteiger partial charge >= 0.3 is 5.97 Å². The fourth-order valence-corrected chi connectivity index (χ4v) is 0.730. The van der Waals surface area contributed by atoms with E-state index in [0.717, 1.165) is 0 Å². The molecule has 0 saturated heterocycles. The van der Waals surface area contributed by atoms with Crippen molar-refractivity contribution in [3.8, 4) is 0 Å². The molecule has 5 heteroatoms. The van der Waals surface area contributed by atoms with E-state index in [0.29, 0.717) is 6.29 Å². The van der Waals surface area contributed by atoms with Gasteiger partial charge in [-0.15, -0.1) is 0 Å². The van der Waals surface area contributed by atoms with E-state index in [4.69, 9.17) is 0 Å². The Labute approximate surface area is 81.4 Å². The van der Waals surface area contributed by atoms with Gasteiger partial charge in [-0.25, -0.2) is 4.79 Å². The van der Waals surface area contributed by atoms with Crippen LogP contribution in [-0.4, -0.2) is 29.9 Å². The first-order valence-electron chi connectivity index (χ1n) is 4.14. The number of hydrogen-bond acceptors (Lipinski definition) is 5. The van der Waals surface area contributed by atoms with Crippen LogP contribution in [0.5, 0.6) is 0 Å². The first kappa shape index (κ1) is 12.5. The molecule has 0 spiro atoms. The molecule has 0 radical (unpaired) electrons. The minimum Gasteiger partial charge on any atom is -0.456 e. The Hall–Kier alpha value is -1.52. The van der Waals surface area contributed by atoms with E-state index in [-0.39, 0.29) is 6.42 Å². The quantitative estimate of drug-likeness (QED) is 0.262. The minimum atomic E-state index is -1.06. The van der Waals surface area contributed by atoms with E-state index < -0.39 is 30.1 Å². The zero-order valence-corrected chi connectivity index (χ0v) is 8.11. The number of esters is 1. The number of rotatable bonds is 6. The number of Topliss-reactive ketones (excluding diaryl/α,β-unsaturated/α-hetero) is 2. The Kier molecular flexibility index (Phi) is 5.36. The Bertz CT molecular complexity index is 256. The van der Waals surface area contributed by atoms with E-state index >= 15 is 0 Å². The van der Waals surface area contributed by atoms with Gasteiger partial charge in [-0.1, -0.05) is 0 Å². The molecule has 0 aliphatic heterocycles. The van der Waals surface area contributed by atoms with E-state index in [1.54, 1.807) is 0 Å². The van der Waals surface area contributed by atoms with Crippen LogP contribution in [0.1, 0.15) is 26.7 Å². The molecule has 14 heavy (non-hydrogen) atoms. The third-order valence-electron chi connectivity index (χ3n) is 1.37. The van der Waals surface area contributed by atoms with Crippen LogP contribution < -0.4 is 0 Å². The highest BCUT2D eigenvalue weighted by atomic mass is 16.5. The molecule has 0 aliphatic rings. The maximum atomic E-state index is 10.9. The van der Waals surface area contributed by atoms with Crippen molar-refractivity contribution in [2.24, 2.45) is 0 Å². The number of carbonyl (C=O) groups is 4. The molecule has 5 nitrogen and oxygen atoms in total. The maximum Gasteiger partial charge on any atom is 0.375 e. The average Bonchev–Trinajstić information content (AvgIpc) is 2.02. The maximum absolute atomic E-state index is 10.9. The second-order valence-electron chi connectivity index (χ2n) is 2.92. The molecule has 0 amide bonds. The normalized spacial score (nSPS) is 11.6. The van der Waals surface area contributed by atoms with Crippen LogP contribution in [0.2, 0.25) is 0 Å². The van der Waals surface area contributed by atoms with Gasteiger partial charge in [-0.3, -0.25) is 9.59 Å². The van der Waals surface area contributed by atoms with Crippen LogP contribution >= 0.6 is 0 Å². The van der Waals surface area contributed by atoms with Crippen LogP contribution in [-0.2, 0) is 23.9 Å². The van der Waals surface area contributed by atoms with Gasteiger partial charge in [-0.05, 0) is 13.8 Å². The van der Waals surface area contributed by atoms with Crippen molar-refractivity contribution in [1.29, 1.82) is 0 Å². The largest absolute Gasteiger partial charge is 0.456 e. The van der Waals surface area contributed by atoms with E-state index in [1.807, 2.05) is 0 Å². The fraction of sp³-hybridized carbons (Fsp3) is 0.556. The van der Waals surface area contributed by atoms with Crippen LogP contribution in [0, 0.1) is 0 Å². The van der Waals surface area contributed by atoms with Gasteiger partial charge in [0.2, 0.25) is 5.78 Å². The molecule has 1 unspecified atom stereocenters. The lowest BCUT2D eigenvalue weighted by molar-refractivity contribution is -0.158. The smallest absolute Gasteiger partial charge is 0.375 e. The summed E-state index contributed by atoms with van der Waals surface area (Å²) >= 11 is 0. The number of ether oxygens (including phenoxy) is 1. The van der Waals surface area contributed by atoms with Crippen molar-refractivity contribution in [3.05, 3.63) is 0 Å². The highest BCUT2D eigenvalue weighted by Crippen LogP contribution is 1.98. The van der Waals surface area contributed by atoms with Crippen LogP contribution in [0.4, 0.5) is 0 Å². The lowest BCUT2D eigenvalue weighted by atomic mass is 10.2. The van der Waals surface area contributed by atoms with Gasteiger partial charge in [0.25, 0.3) is 0 Å². The molecule has 0 N–H and O–H groups in total. The summed E-state index contributed by atoms with van der Waals surface area (Å²) in [6, 6.07) is 0. The van der Waals surface area contributed by atoms with Crippen molar-refractivity contribution in [1.82, 2.24) is 0 Å². The van der Waals surface area contributed by atoms with Gasteiger partial charge in [0.1, 0.15) is 18.2 Å². The summed E-state index contributed by atoms with van der Waals surface area (Å²) in [7, 11) is 0. The van der Waals surface area contributed by atoms with Crippen molar-refractivity contribution < 1.29 is 23.9 Å². The third kappa shape index (κ3) is 5.18. The predicted octanol–water partition coefficient (Wildman–Crippen LogP) is 0.0553. The number of hydrogen-bond donors (Lipinski definition) is 0. The van der Waals surface area contributed by atoms with E-state index in [1.165, 1.54) is 13.8 Å². The SMILES string of the molecule is CC(=O)CC(=O)C(=O)OC(C)CC=O. The molecular weight excluding hydrogens is 188 g/mol. The second-order valence-corrected chi connectivity index (χ2v) is 2.92. The lowest BCUT2D eigenvalue weighted by Crippen LogP contribution is -2.24. The summed E-state index contributed by atoms with van der Waals surface area (Å²) in [5.74, 6) is -2.33. The van der Waals surface area contributed by atoms with Gasteiger partial charge in [0.05, 0.1) is 6.42 Å².